The smallest absolute Gasteiger partial charge is 0.433 e. The first kappa shape index (κ1) is 22.4. The Labute approximate surface area is 201 Å². The molecule has 1 spiro atoms. The molecule has 0 aliphatic carbocycles. The molecule has 0 saturated carbocycles. The maximum Gasteiger partial charge on any atom is 0.433 e. The van der Waals surface area contributed by atoms with Crippen molar-refractivity contribution in [2.45, 2.75) is 31.9 Å². The Hall–Kier alpha value is -3.08. The van der Waals surface area contributed by atoms with Gasteiger partial charge in [-0.1, -0.05) is 0 Å². The van der Waals surface area contributed by atoms with E-state index in [4.69, 9.17) is 9.84 Å². The highest BCUT2D eigenvalue weighted by molar-refractivity contribution is 5.83. The minimum atomic E-state index is -4.53. The monoisotopic (exact) mass is 487 g/mol. The first-order valence-corrected chi connectivity index (χ1v) is 12.1. The number of imidazole rings is 1. The average Bonchev–Trinajstić information content (AvgIpc) is 3.29. The zero-order valence-electron chi connectivity index (χ0n) is 19.6. The quantitative estimate of drug-likeness (QED) is 0.592. The molecule has 35 heavy (non-hydrogen) atoms. The van der Waals surface area contributed by atoms with Crippen LogP contribution in [0.1, 0.15) is 31.4 Å². The Kier molecular flexibility index (Phi) is 5.28. The lowest BCUT2D eigenvalue weighted by molar-refractivity contribution is -0.141. The molecule has 2 fully saturated rings. The van der Waals surface area contributed by atoms with E-state index >= 15 is 0 Å². The minimum Gasteiger partial charge on any atom is -0.486 e. The molecule has 2 saturated heterocycles. The van der Waals surface area contributed by atoms with Crippen LogP contribution in [0.4, 0.5) is 24.7 Å². The number of hydrogen-bond donors (Lipinski definition) is 1. The number of pyridine rings is 1. The topological polar surface area (TPSA) is 70.8 Å². The fourth-order valence-electron chi connectivity index (χ4n) is 5.63. The number of halogens is 3. The van der Waals surface area contributed by atoms with Gasteiger partial charge in [0, 0.05) is 38.4 Å². The number of nitrogens with one attached hydrogen (secondary N) is 1. The molecule has 0 radical (unpaired) electrons. The number of aromatic nitrogens is 4. The maximum atomic E-state index is 13.3. The summed E-state index contributed by atoms with van der Waals surface area (Å²) in [7, 11) is 2.02. The number of piperidine rings is 2. The molecule has 0 unspecified atom stereocenters. The van der Waals surface area contributed by atoms with Crippen molar-refractivity contribution in [1.29, 1.82) is 0 Å². The van der Waals surface area contributed by atoms with Crippen LogP contribution >= 0.6 is 0 Å². The molecule has 1 N–H and O–H groups in total. The molecule has 3 aromatic rings. The van der Waals surface area contributed by atoms with Gasteiger partial charge in [0.25, 0.3) is 0 Å². The molecule has 6 rings (SSSR count). The second kappa shape index (κ2) is 8.25. The molecule has 3 aliphatic rings. The third kappa shape index (κ3) is 3.85. The number of likely N-dealkylation sites (N-methyl/N-ethyl adjacent to an activating group) is 1. The van der Waals surface area contributed by atoms with Crippen LogP contribution < -0.4 is 19.9 Å². The summed E-state index contributed by atoms with van der Waals surface area (Å²) in [4.78, 5) is 12.4. The number of fused-ring (bicyclic) bond motifs is 3. The maximum absolute atomic E-state index is 13.3. The lowest BCUT2D eigenvalue weighted by atomic mass is 9.73. The van der Waals surface area contributed by atoms with Crippen LogP contribution in [0.2, 0.25) is 0 Å². The van der Waals surface area contributed by atoms with Crippen LogP contribution in [0.15, 0.2) is 24.5 Å². The first-order chi connectivity index (χ1) is 16.8. The summed E-state index contributed by atoms with van der Waals surface area (Å²) in [5.74, 6) is 1.41. The normalized spacial score (nSPS) is 20.2. The third-order valence-electron chi connectivity index (χ3n) is 7.65. The van der Waals surface area contributed by atoms with Gasteiger partial charge in [-0.2, -0.15) is 13.2 Å². The summed E-state index contributed by atoms with van der Waals surface area (Å²) >= 11 is 0. The van der Waals surface area contributed by atoms with Gasteiger partial charge in [0.1, 0.15) is 18.0 Å². The van der Waals surface area contributed by atoms with Crippen molar-refractivity contribution in [3.63, 3.8) is 0 Å². The van der Waals surface area contributed by atoms with Gasteiger partial charge in [0.2, 0.25) is 0 Å². The Morgan fingerprint density at radius 1 is 1.11 bits per heavy atom. The molecule has 0 atom stereocenters. The molecule has 6 heterocycles. The van der Waals surface area contributed by atoms with E-state index in [2.05, 4.69) is 25.1 Å². The van der Waals surface area contributed by atoms with E-state index in [1.54, 1.807) is 16.8 Å². The van der Waals surface area contributed by atoms with E-state index < -0.39 is 11.9 Å². The highest BCUT2D eigenvalue weighted by Gasteiger charge is 2.38. The van der Waals surface area contributed by atoms with Crippen LogP contribution in [0.25, 0.3) is 16.9 Å². The van der Waals surface area contributed by atoms with Gasteiger partial charge in [-0.05, 0) is 49.8 Å². The molecule has 0 aromatic carbocycles. The van der Waals surface area contributed by atoms with Gasteiger partial charge in [-0.3, -0.25) is 4.98 Å². The SMILES string of the molecule is CN1CCOc2c1c(N1CCC3(CCCNC3)CC1)nn1c(-c3ccnc(C(F)(F)F)c3)cnc21. The molecule has 3 aromatic heterocycles. The van der Waals surface area contributed by atoms with Crippen LogP contribution in [0, 0.1) is 5.41 Å². The van der Waals surface area contributed by atoms with E-state index in [1.807, 2.05) is 7.05 Å². The summed E-state index contributed by atoms with van der Waals surface area (Å²) in [5.41, 5.74) is 1.62. The lowest BCUT2D eigenvalue weighted by Crippen LogP contribution is -2.48. The Bertz CT molecular complexity index is 1240. The predicted molar refractivity (Wildman–Crippen MR) is 126 cm³/mol. The van der Waals surface area contributed by atoms with Crippen molar-refractivity contribution in [3.05, 3.63) is 30.2 Å². The Balaban J connectivity index is 1.44. The van der Waals surface area contributed by atoms with Crippen molar-refractivity contribution in [2.75, 3.05) is 56.2 Å². The summed E-state index contributed by atoms with van der Waals surface area (Å²) in [6.07, 6.45) is 2.81. The number of hydrogen-bond acceptors (Lipinski definition) is 7. The van der Waals surface area contributed by atoms with E-state index in [-0.39, 0.29) is 0 Å². The average molecular weight is 488 g/mol. The Morgan fingerprint density at radius 2 is 1.94 bits per heavy atom. The van der Waals surface area contributed by atoms with Gasteiger partial charge in [0.05, 0.1) is 18.4 Å². The van der Waals surface area contributed by atoms with Crippen molar-refractivity contribution >= 4 is 17.2 Å². The van der Waals surface area contributed by atoms with Gasteiger partial charge >= 0.3 is 6.18 Å². The van der Waals surface area contributed by atoms with Crippen LogP contribution in [0.3, 0.4) is 0 Å². The van der Waals surface area contributed by atoms with Crippen molar-refractivity contribution in [2.24, 2.45) is 5.41 Å². The number of nitrogens with zero attached hydrogens (tertiary/aromatic N) is 6. The van der Waals surface area contributed by atoms with Crippen LogP contribution in [-0.4, -0.2) is 66.0 Å². The standard InChI is InChI=1S/C24H28F3N7O/c1-32-11-12-35-20-19(32)21(33-9-5-23(6-10-33)4-2-7-28-15-23)31-34-17(14-30-22(20)34)16-3-8-29-18(13-16)24(25,26)27/h3,8,13-14,28H,2,4-7,9-12,15H2,1H3. The second-order valence-electron chi connectivity index (χ2n) is 9.85. The predicted octanol–water partition coefficient (Wildman–Crippen LogP) is 3.61. The highest BCUT2D eigenvalue weighted by Crippen LogP contribution is 2.45. The molecule has 0 amide bonds. The van der Waals surface area contributed by atoms with Crippen LogP contribution in [-0.2, 0) is 6.18 Å². The van der Waals surface area contributed by atoms with E-state index in [9.17, 15) is 13.2 Å². The van der Waals surface area contributed by atoms with Crippen molar-refractivity contribution in [1.82, 2.24) is 24.9 Å². The highest BCUT2D eigenvalue weighted by atomic mass is 19.4. The number of rotatable bonds is 2. The van der Waals surface area contributed by atoms with E-state index in [0.717, 1.165) is 63.1 Å². The van der Waals surface area contributed by atoms with Gasteiger partial charge < -0.3 is 19.9 Å². The Morgan fingerprint density at radius 3 is 2.69 bits per heavy atom. The summed E-state index contributed by atoms with van der Waals surface area (Å²) in [6, 6.07) is 2.59. The molecular formula is C24H28F3N7O. The fraction of sp³-hybridized carbons (Fsp3) is 0.542. The van der Waals surface area contributed by atoms with Crippen molar-refractivity contribution < 1.29 is 17.9 Å². The second-order valence-corrected chi connectivity index (χ2v) is 9.85. The van der Waals surface area contributed by atoms with Gasteiger partial charge in [-0.25, -0.2) is 9.50 Å². The largest absolute Gasteiger partial charge is 0.486 e. The molecular weight excluding hydrogens is 459 g/mol. The molecule has 186 valence electrons. The summed E-state index contributed by atoms with van der Waals surface area (Å²) < 4.78 is 47.6. The summed E-state index contributed by atoms with van der Waals surface area (Å²) in [6.45, 7) is 5.13. The lowest BCUT2D eigenvalue weighted by Gasteiger charge is -2.45. The number of alkyl halides is 3. The summed E-state index contributed by atoms with van der Waals surface area (Å²) in [5, 5.41) is 8.52. The first-order valence-electron chi connectivity index (χ1n) is 12.1. The van der Waals surface area contributed by atoms with Crippen LogP contribution in [0.5, 0.6) is 5.75 Å². The molecule has 11 heteroatoms. The number of ether oxygens (including phenoxy) is 1. The van der Waals surface area contributed by atoms with E-state index in [0.29, 0.717) is 34.7 Å². The third-order valence-corrected chi connectivity index (χ3v) is 7.65. The van der Waals surface area contributed by atoms with E-state index in [1.165, 1.54) is 19.0 Å². The minimum absolute atomic E-state index is 0.340. The fourth-order valence-corrected chi connectivity index (χ4v) is 5.63. The van der Waals surface area contributed by atoms with Gasteiger partial charge in [0.15, 0.2) is 17.2 Å². The zero-order valence-corrected chi connectivity index (χ0v) is 19.6. The van der Waals surface area contributed by atoms with Gasteiger partial charge in [-0.15, -0.1) is 5.10 Å². The zero-order chi connectivity index (χ0) is 24.2. The molecule has 3 aliphatic heterocycles. The molecule has 8 nitrogen and oxygen atoms in total. The van der Waals surface area contributed by atoms with Crippen molar-refractivity contribution in [3.8, 4) is 17.0 Å². The molecule has 0 bridgehead atoms. The number of anilines is 2.